The van der Waals surface area contributed by atoms with Crippen LogP contribution in [0.1, 0.15) is 68.6 Å². The van der Waals surface area contributed by atoms with Crippen LogP contribution in [-0.4, -0.2) is 23.5 Å². The standard InChI is InChI=1S/C16H30N2S2/c1-12(17-10-8-7-9-11-19-6)14-13(2)18-15(20-14)16(3,4)5/h12,17H,7-11H2,1-6H3. The minimum Gasteiger partial charge on any atom is -0.309 e. The molecule has 0 saturated heterocycles. The molecule has 1 heterocycles. The quantitative estimate of drug-likeness (QED) is 0.688. The first-order chi connectivity index (χ1) is 9.36. The Hall–Kier alpha value is -0.0600. The predicted octanol–water partition coefficient (Wildman–Crippen LogP) is 4.93. The van der Waals surface area contributed by atoms with E-state index in [2.05, 4.69) is 46.2 Å². The Morgan fingerprint density at radius 1 is 1.25 bits per heavy atom. The zero-order valence-electron chi connectivity index (χ0n) is 13.9. The van der Waals surface area contributed by atoms with Gasteiger partial charge in [-0.2, -0.15) is 11.8 Å². The fourth-order valence-corrected chi connectivity index (χ4v) is 3.73. The molecule has 2 nitrogen and oxygen atoms in total. The SMILES string of the molecule is CSCCCCCNC(C)c1sc(C(C)(C)C)nc1C. The number of thiazole rings is 1. The zero-order chi connectivity index (χ0) is 15.2. The topological polar surface area (TPSA) is 24.9 Å². The van der Waals surface area contributed by atoms with Crippen LogP contribution in [-0.2, 0) is 5.41 Å². The summed E-state index contributed by atoms with van der Waals surface area (Å²) in [5.74, 6) is 1.29. The van der Waals surface area contributed by atoms with Crippen molar-refractivity contribution in [2.75, 3.05) is 18.6 Å². The summed E-state index contributed by atoms with van der Waals surface area (Å²) in [4.78, 5) is 6.15. The lowest BCUT2D eigenvalue weighted by Crippen LogP contribution is -2.19. The molecule has 1 unspecified atom stereocenters. The van der Waals surface area contributed by atoms with Gasteiger partial charge in [-0.3, -0.25) is 0 Å². The van der Waals surface area contributed by atoms with E-state index < -0.39 is 0 Å². The van der Waals surface area contributed by atoms with E-state index in [1.54, 1.807) is 0 Å². The number of hydrogen-bond acceptors (Lipinski definition) is 4. The first-order valence-corrected chi connectivity index (χ1v) is 9.77. The van der Waals surface area contributed by atoms with Crippen LogP contribution >= 0.6 is 23.1 Å². The summed E-state index contributed by atoms with van der Waals surface area (Å²) in [6.07, 6.45) is 6.12. The van der Waals surface area contributed by atoms with Gasteiger partial charge in [-0.1, -0.05) is 27.2 Å². The molecule has 0 saturated carbocycles. The Morgan fingerprint density at radius 3 is 2.50 bits per heavy atom. The third-order valence-electron chi connectivity index (χ3n) is 3.34. The van der Waals surface area contributed by atoms with Crippen LogP contribution in [0.2, 0.25) is 0 Å². The summed E-state index contributed by atoms with van der Waals surface area (Å²) in [6.45, 7) is 12.2. The first-order valence-electron chi connectivity index (χ1n) is 7.56. The molecule has 4 heteroatoms. The lowest BCUT2D eigenvalue weighted by atomic mass is 9.98. The van der Waals surface area contributed by atoms with E-state index in [9.17, 15) is 0 Å². The highest BCUT2D eigenvalue weighted by atomic mass is 32.2. The number of unbranched alkanes of at least 4 members (excludes halogenated alkanes) is 2. The van der Waals surface area contributed by atoms with Crippen LogP contribution in [0.25, 0.3) is 0 Å². The molecule has 0 aliphatic rings. The van der Waals surface area contributed by atoms with Crippen molar-refractivity contribution in [3.63, 3.8) is 0 Å². The highest BCUT2D eigenvalue weighted by Gasteiger charge is 2.22. The molecule has 1 aromatic heterocycles. The molecule has 1 rings (SSSR count). The van der Waals surface area contributed by atoms with Gasteiger partial charge in [0.25, 0.3) is 0 Å². The smallest absolute Gasteiger partial charge is 0.0985 e. The molecule has 0 amide bonds. The summed E-state index contributed by atoms with van der Waals surface area (Å²) in [5.41, 5.74) is 1.35. The minimum atomic E-state index is 0.158. The van der Waals surface area contributed by atoms with Crippen LogP contribution in [0.15, 0.2) is 0 Å². The Balaban J connectivity index is 2.43. The van der Waals surface area contributed by atoms with Gasteiger partial charge >= 0.3 is 0 Å². The maximum atomic E-state index is 4.75. The molecular formula is C16H30N2S2. The molecule has 116 valence electrons. The van der Waals surface area contributed by atoms with Crippen molar-refractivity contribution in [2.45, 2.75) is 65.3 Å². The Morgan fingerprint density at radius 2 is 1.95 bits per heavy atom. The second kappa shape index (κ2) is 8.40. The van der Waals surface area contributed by atoms with E-state index in [1.807, 2.05) is 23.1 Å². The lowest BCUT2D eigenvalue weighted by molar-refractivity contribution is 0.548. The van der Waals surface area contributed by atoms with Crippen LogP contribution in [0.5, 0.6) is 0 Å². The van der Waals surface area contributed by atoms with Crippen molar-refractivity contribution in [1.29, 1.82) is 0 Å². The van der Waals surface area contributed by atoms with Gasteiger partial charge in [-0.15, -0.1) is 11.3 Å². The minimum absolute atomic E-state index is 0.158. The van der Waals surface area contributed by atoms with Gasteiger partial charge in [0.2, 0.25) is 0 Å². The molecule has 1 aromatic rings. The van der Waals surface area contributed by atoms with Gasteiger partial charge in [0.1, 0.15) is 0 Å². The van der Waals surface area contributed by atoms with Crippen LogP contribution < -0.4 is 5.32 Å². The fraction of sp³-hybridized carbons (Fsp3) is 0.812. The van der Waals surface area contributed by atoms with Crippen LogP contribution in [0, 0.1) is 6.92 Å². The molecule has 0 spiro atoms. The summed E-state index contributed by atoms with van der Waals surface area (Å²) >= 11 is 3.81. The largest absolute Gasteiger partial charge is 0.309 e. The average molecular weight is 315 g/mol. The summed E-state index contributed by atoms with van der Waals surface area (Å²) in [5, 5.41) is 4.89. The zero-order valence-corrected chi connectivity index (χ0v) is 15.5. The number of aromatic nitrogens is 1. The number of nitrogens with zero attached hydrogens (tertiary/aromatic N) is 1. The third kappa shape index (κ3) is 5.74. The van der Waals surface area contributed by atoms with Gasteiger partial charge < -0.3 is 5.32 Å². The maximum absolute atomic E-state index is 4.75. The fourth-order valence-electron chi connectivity index (χ4n) is 2.09. The van der Waals surface area contributed by atoms with Crippen molar-refractivity contribution in [3.05, 3.63) is 15.6 Å². The molecule has 1 atom stereocenters. The average Bonchev–Trinajstić information content (AvgIpc) is 2.75. The van der Waals surface area contributed by atoms with Crippen molar-refractivity contribution < 1.29 is 0 Å². The molecule has 0 fully saturated rings. The summed E-state index contributed by atoms with van der Waals surface area (Å²) in [7, 11) is 0. The molecular weight excluding hydrogens is 284 g/mol. The van der Waals surface area contributed by atoms with Gasteiger partial charge in [0.15, 0.2) is 0 Å². The molecule has 0 bridgehead atoms. The van der Waals surface area contributed by atoms with Crippen molar-refractivity contribution in [3.8, 4) is 0 Å². The van der Waals surface area contributed by atoms with Crippen molar-refractivity contribution >= 4 is 23.1 Å². The maximum Gasteiger partial charge on any atom is 0.0985 e. The molecule has 0 aliphatic carbocycles. The van der Waals surface area contributed by atoms with Gasteiger partial charge in [-0.05, 0) is 45.2 Å². The van der Waals surface area contributed by atoms with E-state index in [-0.39, 0.29) is 5.41 Å². The van der Waals surface area contributed by atoms with E-state index >= 15 is 0 Å². The number of rotatable bonds is 8. The van der Waals surface area contributed by atoms with E-state index in [4.69, 9.17) is 4.98 Å². The van der Waals surface area contributed by atoms with E-state index in [1.165, 1.54) is 40.6 Å². The second-order valence-corrected chi connectivity index (χ2v) is 8.46. The Kier molecular flexibility index (Phi) is 7.56. The lowest BCUT2D eigenvalue weighted by Gasteiger charge is -2.14. The Labute approximate surface area is 133 Å². The van der Waals surface area contributed by atoms with Gasteiger partial charge in [-0.25, -0.2) is 4.98 Å². The van der Waals surface area contributed by atoms with Crippen molar-refractivity contribution in [2.24, 2.45) is 0 Å². The van der Waals surface area contributed by atoms with E-state index in [0.717, 1.165) is 6.54 Å². The molecule has 0 aromatic carbocycles. The van der Waals surface area contributed by atoms with Gasteiger partial charge in [0.05, 0.1) is 10.7 Å². The normalized spacial score (nSPS) is 13.7. The number of thioether (sulfide) groups is 1. The predicted molar refractivity (Wildman–Crippen MR) is 94.2 cm³/mol. The number of hydrogen-bond donors (Lipinski definition) is 1. The molecule has 0 radical (unpaired) electrons. The monoisotopic (exact) mass is 314 g/mol. The van der Waals surface area contributed by atoms with Crippen LogP contribution in [0.3, 0.4) is 0 Å². The third-order valence-corrected chi connectivity index (χ3v) is 5.81. The number of nitrogens with one attached hydrogen (secondary N) is 1. The number of aryl methyl sites for hydroxylation is 1. The van der Waals surface area contributed by atoms with Gasteiger partial charge in [0, 0.05) is 16.3 Å². The Bertz CT molecular complexity index is 394. The van der Waals surface area contributed by atoms with Crippen LogP contribution in [0.4, 0.5) is 0 Å². The van der Waals surface area contributed by atoms with E-state index in [0.29, 0.717) is 6.04 Å². The highest BCUT2D eigenvalue weighted by Crippen LogP contribution is 2.32. The second-order valence-electron chi connectivity index (χ2n) is 6.45. The van der Waals surface area contributed by atoms with Crippen molar-refractivity contribution in [1.82, 2.24) is 10.3 Å². The molecule has 1 N–H and O–H groups in total. The first kappa shape index (κ1) is 18.0. The summed E-state index contributed by atoms with van der Waals surface area (Å²) < 4.78 is 0. The summed E-state index contributed by atoms with van der Waals surface area (Å²) in [6, 6.07) is 0.421. The molecule has 20 heavy (non-hydrogen) atoms. The molecule has 0 aliphatic heterocycles. The highest BCUT2D eigenvalue weighted by molar-refractivity contribution is 7.98.